The number of rotatable bonds is 2. The molecule has 0 saturated carbocycles. The van der Waals surface area contributed by atoms with E-state index in [1.807, 2.05) is 0 Å². The SMILES string of the molecule is O=C(O)C1[Se]C1C12C=CC=CC1[Se]2. The van der Waals surface area contributed by atoms with Crippen molar-refractivity contribution in [3.05, 3.63) is 24.3 Å². The Balaban J connectivity index is 1.79. The first-order valence-corrected chi connectivity index (χ1v) is 7.98. The average Bonchev–Trinajstić information content (AvgIpc) is 2.99. The normalized spacial score (nSPS) is 50.0. The summed E-state index contributed by atoms with van der Waals surface area (Å²) < 4.78 is 0.352. The Hall–Kier alpha value is -0.0110. The molecule has 4 atom stereocenters. The van der Waals surface area contributed by atoms with Gasteiger partial charge in [0.1, 0.15) is 0 Å². The summed E-state index contributed by atoms with van der Waals surface area (Å²) in [5, 5.41) is 8.87. The molecule has 0 aromatic carbocycles. The summed E-state index contributed by atoms with van der Waals surface area (Å²) >= 11 is 1.02. The zero-order valence-corrected chi connectivity index (χ0v) is 10.1. The van der Waals surface area contributed by atoms with E-state index in [4.69, 9.17) is 5.11 Å². The van der Waals surface area contributed by atoms with Crippen LogP contribution in [0.5, 0.6) is 0 Å². The van der Waals surface area contributed by atoms with Crippen molar-refractivity contribution in [1.82, 2.24) is 0 Å². The maximum absolute atomic E-state index is 10.8. The van der Waals surface area contributed by atoms with E-state index in [1.165, 1.54) is 0 Å². The first kappa shape index (κ1) is 8.31. The minimum atomic E-state index is -0.566. The van der Waals surface area contributed by atoms with Crippen LogP contribution in [-0.4, -0.2) is 41.0 Å². The van der Waals surface area contributed by atoms with E-state index in [2.05, 4.69) is 24.3 Å². The molecule has 2 saturated heterocycles. The number of carboxylic acids is 1. The first-order valence-electron chi connectivity index (χ1n) is 4.16. The van der Waals surface area contributed by atoms with E-state index in [1.54, 1.807) is 0 Å². The van der Waals surface area contributed by atoms with E-state index in [0.717, 1.165) is 4.82 Å². The summed E-state index contributed by atoms with van der Waals surface area (Å²) in [5.41, 5.74) is 0. The van der Waals surface area contributed by atoms with Crippen LogP contribution in [0.1, 0.15) is 0 Å². The van der Waals surface area contributed by atoms with E-state index in [0.29, 0.717) is 39.0 Å². The molecule has 0 aromatic rings. The summed E-state index contributed by atoms with van der Waals surface area (Å²) in [5.74, 6) is -0.566. The van der Waals surface area contributed by atoms with Crippen molar-refractivity contribution in [2.45, 2.75) is 18.8 Å². The van der Waals surface area contributed by atoms with Gasteiger partial charge in [-0.1, -0.05) is 0 Å². The quantitative estimate of drug-likeness (QED) is 0.777. The molecule has 0 aromatic heterocycles. The van der Waals surface area contributed by atoms with E-state index < -0.39 is 5.97 Å². The summed E-state index contributed by atoms with van der Waals surface area (Å²) in [6, 6.07) is 0. The molecule has 0 spiro atoms. The molecule has 2 fully saturated rings. The third-order valence-corrected chi connectivity index (χ3v) is 9.72. The van der Waals surface area contributed by atoms with Crippen LogP contribution in [0.15, 0.2) is 24.3 Å². The third-order valence-electron chi connectivity index (χ3n) is 2.65. The van der Waals surface area contributed by atoms with Crippen LogP contribution in [0.3, 0.4) is 0 Å². The number of hydrogen-bond donors (Lipinski definition) is 1. The second-order valence-electron chi connectivity index (χ2n) is 3.45. The molecule has 68 valence electrons. The molecule has 0 bridgehead atoms. The van der Waals surface area contributed by atoms with Crippen molar-refractivity contribution in [2.75, 3.05) is 0 Å². The third kappa shape index (κ3) is 1.10. The summed E-state index contributed by atoms with van der Waals surface area (Å²) in [6.07, 6.45) is 8.72. The molecule has 0 radical (unpaired) electrons. The van der Waals surface area contributed by atoms with Crippen LogP contribution in [0, 0.1) is 0 Å². The second-order valence-corrected chi connectivity index (χ2v) is 9.20. The van der Waals surface area contributed by atoms with E-state index >= 15 is 0 Å². The van der Waals surface area contributed by atoms with Crippen LogP contribution < -0.4 is 0 Å². The number of fused-ring (bicyclic) bond motifs is 1. The number of carboxylic acid groups (broad SMARTS) is 1. The van der Waals surface area contributed by atoms with Gasteiger partial charge in [-0.25, -0.2) is 0 Å². The van der Waals surface area contributed by atoms with Crippen LogP contribution in [0.25, 0.3) is 0 Å². The van der Waals surface area contributed by atoms with Crippen LogP contribution in [0.2, 0.25) is 18.8 Å². The van der Waals surface area contributed by atoms with Gasteiger partial charge in [0.15, 0.2) is 0 Å². The summed E-state index contributed by atoms with van der Waals surface area (Å²) in [4.78, 5) is 12.0. The Bertz CT molecular complexity index is 337. The molecule has 3 rings (SSSR count). The Morgan fingerprint density at radius 3 is 2.92 bits per heavy atom. The van der Waals surface area contributed by atoms with Crippen LogP contribution in [0.4, 0.5) is 0 Å². The fourth-order valence-corrected chi connectivity index (χ4v) is 8.95. The van der Waals surface area contributed by atoms with Crippen molar-refractivity contribution in [3.63, 3.8) is 0 Å². The molecule has 2 aliphatic heterocycles. The topological polar surface area (TPSA) is 37.3 Å². The van der Waals surface area contributed by atoms with Crippen molar-refractivity contribution >= 4 is 35.9 Å². The zero-order valence-electron chi connectivity index (χ0n) is 6.71. The molecular weight excluding hydrogens is 298 g/mol. The fraction of sp³-hybridized carbons (Fsp3) is 0.444. The molecule has 4 unspecified atom stereocenters. The number of carbonyl (C=O) groups is 1. The molecule has 1 aliphatic carbocycles. The van der Waals surface area contributed by atoms with Gasteiger partial charge in [-0.15, -0.1) is 0 Å². The Morgan fingerprint density at radius 2 is 2.31 bits per heavy atom. The average molecular weight is 306 g/mol. The van der Waals surface area contributed by atoms with Crippen LogP contribution in [-0.2, 0) is 4.79 Å². The molecule has 2 nitrogen and oxygen atoms in total. The summed E-state index contributed by atoms with van der Waals surface area (Å²) in [7, 11) is 0. The maximum atomic E-state index is 10.8. The Labute approximate surface area is 88.8 Å². The van der Waals surface area contributed by atoms with E-state index in [-0.39, 0.29) is 4.82 Å². The van der Waals surface area contributed by atoms with Gasteiger partial charge in [-0.2, -0.15) is 0 Å². The van der Waals surface area contributed by atoms with Gasteiger partial charge >= 0.3 is 88.9 Å². The van der Waals surface area contributed by atoms with Crippen molar-refractivity contribution in [1.29, 1.82) is 0 Å². The molecule has 4 heteroatoms. The zero-order chi connectivity index (χ0) is 9.05. The first-order chi connectivity index (χ1) is 6.24. The molecule has 3 aliphatic rings. The van der Waals surface area contributed by atoms with Gasteiger partial charge in [0, 0.05) is 0 Å². The van der Waals surface area contributed by atoms with Crippen molar-refractivity contribution in [2.24, 2.45) is 0 Å². The van der Waals surface area contributed by atoms with Gasteiger partial charge in [-0.3, -0.25) is 0 Å². The number of allylic oxidation sites excluding steroid dienone is 4. The predicted octanol–water partition coefficient (Wildman–Crippen LogP) is 1.16. The van der Waals surface area contributed by atoms with Gasteiger partial charge < -0.3 is 0 Å². The van der Waals surface area contributed by atoms with Gasteiger partial charge in [0.25, 0.3) is 0 Å². The molecule has 2 heterocycles. The van der Waals surface area contributed by atoms with Gasteiger partial charge in [0.05, 0.1) is 0 Å². The minimum absolute atomic E-state index is 0.0236. The summed E-state index contributed by atoms with van der Waals surface area (Å²) in [6.45, 7) is 0. The number of hydrogen-bond acceptors (Lipinski definition) is 1. The van der Waals surface area contributed by atoms with Gasteiger partial charge in [0.2, 0.25) is 0 Å². The number of aliphatic carboxylic acids is 1. The van der Waals surface area contributed by atoms with Crippen LogP contribution >= 0.6 is 0 Å². The molecule has 0 amide bonds. The van der Waals surface area contributed by atoms with Crippen molar-refractivity contribution < 1.29 is 9.90 Å². The Morgan fingerprint density at radius 1 is 1.46 bits per heavy atom. The van der Waals surface area contributed by atoms with Gasteiger partial charge in [-0.05, 0) is 0 Å². The van der Waals surface area contributed by atoms with E-state index in [9.17, 15) is 4.79 Å². The molecule has 1 N–H and O–H groups in total. The molecular formula is C9H8O2Se2. The second kappa shape index (κ2) is 2.52. The Kier molecular flexibility index (Phi) is 1.61. The predicted molar refractivity (Wildman–Crippen MR) is 51.4 cm³/mol. The molecule has 13 heavy (non-hydrogen) atoms. The monoisotopic (exact) mass is 308 g/mol. The van der Waals surface area contributed by atoms with Crippen molar-refractivity contribution in [3.8, 4) is 0 Å². The standard InChI is InChI=1S/C9H8O2Se2/c10-8(11)6-7(12-6)9-4-2-1-3-5(9)13-9/h1-7H,(H,10,11). The fourth-order valence-electron chi connectivity index (χ4n) is 1.85.